The zero-order chi connectivity index (χ0) is 13.3. The van der Waals surface area contributed by atoms with Crippen molar-refractivity contribution in [1.82, 2.24) is 0 Å². The van der Waals surface area contributed by atoms with Crippen LogP contribution in [0.15, 0.2) is 27.6 Å². The Morgan fingerprint density at radius 3 is 2.72 bits per heavy atom. The van der Waals surface area contributed by atoms with E-state index in [1.807, 2.05) is 13.0 Å². The van der Waals surface area contributed by atoms with E-state index in [1.54, 1.807) is 13.0 Å². The van der Waals surface area contributed by atoms with Gasteiger partial charge in [0.1, 0.15) is 17.5 Å². The van der Waals surface area contributed by atoms with Crippen LogP contribution < -0.4 is 10.7 Å². The molecule has 92 valence electrons. The second-order valence-corrected chi connectivity index (χ2v) is 4.04. The molecule has 0 fully saturated rings. The molecule has 1 N–H and O–H groups in total. The molecule has 1 amide bonds. The Kier molecular flexibility index (Phi) is 2.97. The lowest BCUT2D eigenvalue weighted by molar-refractivity contribution is -0.127. The minimum atomic E-state index is -0.883. The van der Waals surface area contributed by atoms with Crippen LogP contribution in [0.1, 0.15) is 11.1 Å². The Morgan fingerprint density at radius 1 is 1.33 bits per heavy atom. The van der Waals surface area contributed by atoms with Crippen LogP contribution >= 0.6 is 0 Å². The number of hydrogen-bond donors (Lipinski definition) is 1. The number of aryl methyl sites for hydroxylation is 2. The molecule has 0 aliphatic rings. The molecule has 1 aromatic carbocycles. The number of nitrogens with one attached hydrogen (secondary N) is 1. The van der Waals surface area contributed by atoms with E-state index < -0.39 is 5.91 Å². The van der Waals surface area contributed by atoms with Crippen LogP contribution in [0.3, 0.4) is 0 Å². The highest BCUT2D eigenvalue weighted by molar-refractivity contribution is 6.29. The van der Waals surface area contributed by atoms with Crippen molar-refractivity contribution in [2.45, 2.75) is 13.8 Å². The molecule has 0 spiro atoms. The van der Waals surface area contributed by atoms with Crippen molar-refractivity contribution in [2.24, 2.45) is 0 Å². The van der Waals surface area contributed by atoms with Gasteiger partial charge in [0.25, 0.3) is 5.91 Å². The Bertz CT molecular complexity index is 700. The van der Waals surface area contributed by atoms with Crippen molar-refractivity contribution in [3.63, 3.8) is 0 Å². The minimum Gasteiger partial charge on any atom is -0.462 e. The molecule has 0 saturated carbocycles. The van der Waals surface area contributed by atoms with Gasteiger partial charge in [-0.3, -0.25) is 14.4 Å². The van der Waals surface area contributed by atoms with Gasteiger partial charge in [-0.05, 0) is 31.0 Å². The molecule has 18 heavy (non-hydrogen) atoms. The Balaban J connectivity index is 2.68. The molecular formula is C13H11NO4. The summed E-state index contributed by atoms with van der Waals surface area (Å²) in [6, 6.07) is 3.60. The summed E-state index contributed by atoms with van der Waals surface area (Å²) in [4.78, 5) is 33.3. The lowest BCUT2D eigenvalue weighted by Crippen LogP contribution is -2.19. The van der Waals surface area contributed by atoms with Crippen molar-refractivity contribution in [3.05, 3.63) is 39.7 Å². The maximum absolute atomic E-state index is 12.1. The summed E-state index contributed by atoms with van der Waals surface area (Å²) < 4.78 is 5.30. The highest BCUT2D eigenvalue weighted by atomic mass is 16.3. The van der Waals surface area contributed by atoms with E-state index in [0.717, 1.165) is 17.4 Å². The standard InChI is InChI=1S/C13H11NO4/c1-7-3-8(2)12-10(4-7)18-6-9(13(12)17)14-11(16)5-15/h3-6H,1-2H3,(H,14,16). The maximum atomic E-state index is 12.1. The van der Waals surface area contributed by atoms with E-state index in [9.17, 15) is 14.4 Å². The van der Waals surface area contributed by atoms with Crippen LogP contribution in [0.4, 0.5) is 5.69 Å². The molecule has 0 aliphatic carbocycles. The predicted octanol–water partition coefficient (Wildman–Crippen LogP) is 1.55. The molecule has 5 nitrogen and oxygen atoms in total. The zero-order valence-electron chi connectivity index (χ0n) is 9.94. The first kappa shape index (κ1) is 12.0. The molecule has 0 radical (unpaired) electrons. The molecule has 0 unspecified atom stereocenters. The van der Waals surface area contributed by atoms with Gasteiger partial charge in [0.05, 0.1) is 5.39 Å². The minimum absolute atomic E-state index is 0.0356. The number of benzene rings is 1. The molecule has 1 aromatic heterocycles. The number of anilines is 1. The number of hydrogen-bond acceptors (Lipinski definition) is 4. The molecule has 0 atom stereocenters. The number of fused-ring (bicyclic) bond motifs is 1. The van der Waals surface area contributed by atoms with Crippen LogP contribution in [0.5, 0.6) is 0 Å². The number of carbonyl (C=O) groups is 2. The SMILES string of the molecule is Cc1cc(C)c2c(=O)c(NC(=O)C=O)coc2c1. The number of aldehydes is 1. The van der Waals surface area contributed by atoms with E-state index in [0.29, 0.717) is 11.0 Å². The number of amides is 1. The van der Waals surface area contributed by atoms with E-state index in [4.69, 9.17) is 4.42 Å². The summed E-state index contributed by atoms with van der Waals surface area (Å²) >= 11 is 0. The van der Waals surface area contributed by atoms with Gasteiger partial charge in [0.15, 0.2) is 0 Å². The fourth-order valence-corrected chi connectivity index (χ4v) is 1.87. The fourth-order valence-electron chi connectivity index (χ4n) is 1.87. The topological polar surface area (TPSA) is 76.4 Å². The van der Waals surface area contributed by atoms with E-state index in [2.05, 4.69) is 5.32 Å². The van der Waals surface area contributed by atoms with Crippen LogP contribution in [0.2, 0.25) is 0 Å². The first-order chi connectivity index (χ1) is 8.52. The molecule has 0 bridgehead atoms. The van der Waals surface area contributed by atoms with Crippen LogP contribution in [-0.4, -0.2) is 12.2 Å². The highest BCUT2D eigenvalue weighted by Crippen LogP contribution is 2.19. The third-order valence-electron chi connectivity index (χ3n) is 2.58. The van der Waals surface area contributed by atoms with Gasteiger partial charge in [-0.1, -0.05) is 6.07 Å². The van der Waals surface area contributed by atoms with Crippen LogP contribution in [0, 0.1) is 13.8 Å². The first-order valence-corrected chi connectivity index (χ1v) is 5.32. The average Bonchev–Trinajstić information content (AvgIpc) is 2.31. The fraction of sp³-hybridized carbons (Fsp3) is 0.154. The van der Waals surface area contributed by atoms with E-state index in [1.165, 1.54) is 0 Å². The molecular weight excluding hydrogens is 234 g/mol. The Labute approximate surface area is 102 Å². The van der Waals surface area contributed by atoms with Gasteiger partial charge in [0, 0.05) is 0 Å². The summed E-state index contributed by atoms with van der Waals surface area (Å²) in [5.41, 5.74) is 1.81. The average molecular weight is 245 g/mol. The number of carbonyl (C=O) groups excluding carboxylic acids is 2. The zero-order valence-corrected chi connectivity index (χ0v) is 9.94. The van der Waals surface area contributed by atoms with Crippen molar-refractivity contribution in [1.29, 1.82) is 0 Å². The predicted molar refractivity (Wildman–Crippen MR) is 66.7 cm³/mol. The molecule has 5 heteroatoms. The second-order valence-electron chi connectivity index (χ2n) is 4.04. The lowest BCUT2D eigenvalue weighted by atomic mass is 10.1. The van der Waals surface area contributed by atoms with Gasteiger partial charge >= 0.3 is 0 Å². The molecule has 2 rings (SSSR count). The van der Waals surface area contributed by atoms with E-state index >= 15 is 0 Å². The summed E-state index contributed by atoms with van der Waals surface area (Å²) in [5, 5.41) is 2.59. The smallest absolute Gasteiger partial charge is 0.288 e. The summed E-state index contributed by atoms with van der Waals surface area (Å²) in [6.45, 7) is 3.69. The Hall–Kier alpha value is -2.43. The Morgan fingerprint density at radius 2 is 2.06 bits per heavy atom. The summed E-state index contributed by atoms with van der Waals surface area (Å²) in [7, 11) is 0. The maximum Gasteiger partial charge on any atom is 0.288 e. The normalized spacial score (nSPS) is 10.3. The third kappa shape index (κ3) is 2.02. The van der Waals surface area contributed by atoms with Crippen LogP contribution in [-0.2, 0) is 9.59 Å². The van der Waals surface area contributed by atoms with Crippen LogP contribution in [0.25, 0.3) is 11.0 Å². The van der Waals surface area contributed by atoms with Gasteiger partial charge in [-0.2, -0.15) is 0 Å². The molecule has 0 saturated heterocycles. The third-order valence-corrected chi connectivity index (χ3v) is 2.58. The first-order valence-electron chi connectivity index (χ1n) is 5.32. The lowest BCUT2D eigenvalue weighted by Gasteiger charge is -2.05. The van der Waals surface area contributed by atoms with Gasteiger partial charge < -0.3 is 9.73 Å². The van der Waals surface area contributed by atoms with Crippen molar-refractivity contribution in [2.75, 3.05) is 5.32 Å². The van der Waals surface area contributed by atoms with E-state index in [-0.39, 0.29) is 17.4 Å². The quantitative estimate of drug-likeness (QED) is 0.643. The largest absolute Gasteiger partial charge is 0.462 e. The number of rotatable bonds is 2. The van der Waals surface area contributed by atoms with Crippen molar-refractivity contribution in [3.8, 4) is 0 Å². The van der Waals surface area contributed by atoms with Gasteiger partial charge in [-0.15, -0.1) is 0 Å². The van der Waals surface area contributed by atoms with Crippen molar-refractivity contribution < 1.29 is 14.0 Å². The van der Waals surface area contributed by atoms with Gasteiger partial charge in [-0.25, -0.2) is 0 Å². The van der Waals surface area contributed by atoms with Crippen molar-refractivity contribution >= 4 is 28.8 Å². The highest BCUT2D eigenvalue weighted by Gasteiger charge is 2.11. The monoisotopic (exact) mass is 245 g/mol. The molecule has 1 heterocycles. The summed E-state index contributed by atoms with van der Waals surface area (Å²) in [5.74, 6) is -0.883. The molecule has 0 aliphatic heterocycles. The summed E-state index contributed by atoms with van der Waals surface area (Å²) in [6.07, 6.45) is 1.25. The molecule has 2 aromatic rings. The second kappa shape index (κ2) is 4.44. The van der Waals surface area contributed by atoms with Gasteiger partial charge in [0.2, 0.25) is 11.7 Å².